The van der Waals surface area contributed by atoms with Crippen LogP contribution in [0, 0.1) is 13.8 Å². The van der Waals surface area contributed by atoms with E-state index in [0.29, 0.717) is 5.82 Å². The normalized spacial score (nSPS) is 11.2. The Labute approximate surface area is 98.8 Å². The molecule has 0 aliphatic carbocycles. The first kappa shape index (κ1) is 9.96. The molecule has 1 aromatic carbocycles. The molecule has 4 heteroatoms. The predicted octanol–water partition coefficient (Wildman–Crippen LogP) is 2.76. The lowest BCUT2D eigenvalue weighted by Crippen LogP contribution is -1.81. The van der Waals surface area contributed by atoms with Crippen molar-refractivity contribution in [3.05, 3.63) is 35.5 Å². The van der Waals surface area contributed by atoms with Crippen LogP contribution >= 0.6 is 0 Å². The molecule has 0 spiro atoms. The molecule has 0 saturated heterocycles. The molecule has 2 aromatic heterocycles. The number of nitrogens with one attached hydrogen (secondary N) is 2. The number of H-pyrrole nitrogens is 2. The number of nitrogens with two attached hydrogens (primary N) is 1. The Balaban J connectivity index is 2.33. The molecule has 0 saturated carbocycles. The van der Waals surface area contributed by atoms with Crippen molar-refractivity contribution in [2.45, 2.75) is 13.8 Å². The molecule has 17 heavy (non-hydrogen) atoms. The van der Waals surface area contributed by atoms with Crippen LogP contribution in [0.4, 0.5) is 5.82 Å². The van der Waals surface area contributed by atoms with Crippen LogP contribution in [0.1, 0.15) is 11.3 Å². The van der Waals surface area contributed by atoms with Crippen LogP contribution in [0.3, 0.4) is 0 Å². The predicted molar refractivity (Wildman–Crippen MR) is 69.8 cm³/mol. The van der Waals surface area contributed by atoms with E-state index in [2.05, 4.69) is 47.2 Å². The van der Waals surface area contributed by atoms with Crippen LogP contribution in [-0.2, 0) is 0 Å². The van der Waals surface area contributed by atoms with Gasteiger partial charge in [0.2, 0.25) is 0 Å². The Kier molecular flexibility index (Phi) is 1.98. The second kappa shape index (κ2) is 3.38. The second-order valence-electron chi connectivity index (χ2n) is 4.31. The summed E-state index contributed by atoms with van der Waals surface area (Å²) in [5, 5.41) is 8.16. The van der Waals surface area contributed by atoms with Gasteiger partial charge < -0.3 is 10.7 Å². The van der Waals surface area contributed by atoms with Gasteiger partial charge in [-0.1, -0.05) is 18.2 Å². The molecule has 3 rings (SSSR count). The molecule has 0 atom stereocenters. The molecule has 0 aliphatic rings. The molecule has 3 aromatic rings. The minimum Gasteiger partial charge on any atom is -0.382 e. The summed E-state index contributed by atoms with van der Waals surface area (Å²) >= 11 is 0. The van der Waals surface area contributed by atoms with E-state index < -0.39 is 0 Å². The zero-order valence-corrected chi connectivity index (χ0v) is 9.83. The van der Waals surface area contributed by atoms with Crippen LogP contribution in [0.5, 0.6) is 0 Å². The van der Waals surface area contributed by atoms with Crippen molar-refractivity contribution in [3.8, 4) is 11.3 Å². The minimum absolute atomic E-state index is 0.511. The highest BCUT2D eigenvalue weighted by atomic mass is 15.2. The van der Waals surface area contributed by atoms with E-state index >= 15 is 0 Å². The molecule has 0 aliphatic heterocycles. The van der Waals surface area contributed by atoms with Gasteiger partial charge in [-0.15, -0.1) is 0 Å². The molecule has 0 amide bonds. The average molecular weight is 226 g/mol. The number of aromatic nitrogens is 3. The van der Waals surface area contributed by atoms with Crippen molar-refractivity contribution < 1.29 is 0 Å². The summed E-state index contributed by atoms with van der Waals surface area (Å²) < 4.78 is 0. The van der Waals surface area contributed by atoms with Gasteiger partial charge in [0.05, 0.1) is 11.2 Å². The smallest absolute Gasteiger partial charge is 0.145 e. The lowest BCUT2D eigenvalue weighted by atomic mass is 10.1. The van der Waals surface area contributed by atoms with Gasteiger partial charge in [0.25, 0.3) is 0 Å². The fourth-order valence-electron chi connectivity index (χ4n) is 2.18. The van der Waals surface area contributed by atoms with Gasteiger partial charge in [0.1, 0.15) is 5.82 Å². The number of hydrogen-bond donors (Lipinski definition) is 3. The number of hydrogen-bond acceptors (Lipinski definition) is 2. The highest BCUT2D eigenvalue weighted by Crippen LogP contribution is 2.30. The zero-order chi connectivity index (χ0) is 12.0. The van der Waals surface area contributed by atoms with Gasteiger partial charge in [0, 0.05) is 22.7 Å². The van der Waals surface area contributed by atoms with Crippen LogP contribution in [-0.4, -0.2) is 15.2 Å². The number of nitrogen functional groups attached to an aromatic ring is 1. The van der Waals surface area contributed by atoms with Gasteiger partial charge in [-0.05, 0) is 19.4 Å². The molecule has 0 radical (unpaired) electrons. The summed E-state index contributed by atoms with van der Waals surface area (Å²) in [6.07, 6.45) is 0. The maximum Gasteiger partial charge on any atom is 0.145 e. The van der Waals surface area contributed by atoms with E-state index in [0.717, 1.165) is 16.8 Å². The summed E-state index contributed by atoms with van der Waals surface area (Å²) in [6.45, 7) is 4.21. The Morgan fingerprint density at radius 3 is 2.76 bits per heavy atom. The summed E-state index contributed by atoms with van der Waals surface area (Å²) in [6, 6.07) is 8.08. The van der Waals surface area contributed by atoms with E-state index in [9.17, 15) is 0 Å². The van der Waals surface area contributed by atoms with Crippen LogP contribution < -0.4 is 5.73 Å². The van der Waals surface area contributed by atoms with Crippen LogP contribution in [0.2, 0.25) is 0 Å². The average Bonchev–Trinajstić information content (AvgIpc) is 2.85. The monoisotopic (exact) mass is 226 g/mol. The molecule has 86 valence electrons. The van der Waals surface area contributed by atoms with Crippen molar-refractivity contribution in [3.63, 3.8) is 0 Å². The SMILES string of the molecule is Cc1[nH]c2c(-c3cc(N)n[nH]3)cccc2c1C. The number of para-hydroxylation sites is 1. The van der Waals surface area contributed by atoms with Gasteiger partial charge in [-0.2, -0.15) is 5.10 Å². The van der Waals surface area contributed by atoms with E-state index in [-0.39, 0.29) is 0 Å². The third-order valence-electron chi connectivity index (χ3n) is 3.23. The summed E-state index contributed by atoms with van der Waals surface area (Å²) in [5.41, 5.74) is 11.3. The molecular formula is C13H14N4. The highest BCUT2D eigenvalue weighted by molar-refractivity contribution is 5.96. The molecule has 4 nitrogen and oxygen atoms in total. The Bertz CT molecular complexity index is 691. The molecule has 2 heterocycles. The molecule has 0 bridgehead atoms. The minimum atomic E-state index is 0.511. The molecule has 4 N–H and O–H groups in total. The lowest BCUT2D eigenvalue weighted by Gasteiger charge is -1.99. The van der Waals surface area contributed by atoms with Crippen molar-refractivity contribution in [1.82, 2.24) is 15.2 Å². The Morgan fingerprint density at radius 2 is 2.06 bits per heavy atom. The van der Waals surface area contributed by atoms with Crippen molar-refractivity contribution in [1.29, 1.82) is 0 Å². The summed E-state index contributed by atoms with van der Waals surface area (Å²) in [7, 11) is 0. The number of aromatic amines is 2. The fraction of sp³-hybridized carbons (Fsp3) is 0.154. The van der Waals surface area contributed by atoms with Crippen molar-refractivity contribution in [2.24, 2.45) is 0 Å². The molecular weight excluding hydrogens is 212 g/mol. The van der Waals surface area contributed by atoms with E-state index in [1.165, 1.54) is 16.6 Å². The first-order chi connectivity index (χ1) is 8.16. The van der Waals surface area contributed by atoms with Gasteiger partial charge in [-0.3, -0.25) is 5.10 Å². The first-order valence-corrected chi connectivity index (χ1v) is 5.56. The number of nitrogens with zero attached hydrogens (tertiary/aromatic N) is 1. The fourth-order valence-corrected chi connectivity index (χ4v) is 2.18. The van der Waals surface area contributed by atoms with Gasteiger partial charge in [-0.25, -0.2) is 0 Å². The van der Waals surface area contributed by atoms with Gasteiger partial charge >= 0.3 is 0 Å². The number of benzene rings is 1. The molecule has 0 unspecified atom stereocenters. The van der Waals surface area contributed by atoms with Gasteiger partial charge in [0.15, 0.2) is 0 Å². The second-order valence-corrected chi connectivity index (χ2v) is 4.31. The number of anilines is 1. The summed E-state index contributed by atoms with van der Waals surface area (Å²) in [5.74, 6) is 0.511. The largest absolute Gasteiger partial charge is 0.382 e. The topological polar surface area (TPSA) is 70.5 Å². The zero-order valence-electron chi connectivity index (χ0n) is 9.83. The number of aryl methyl sites for hydroxylation is 2. The maximum atomic E-state index is 5.64. The Hall–Kier alpha value is -2.23. The highest BCUT2D eigenvalue weighted by Gasteiger charge is 2.10. The third kappa shape index (κ3) is 1.41. The van der Waals surface area contributed by atoms with Crippen molar-refractivity contribution >= 4 is 16.7 Å². The standard InChI is InChI=1S/C13H14N4/c1-7-8(2)15-13-9(7)4-3-5-10(13)11-6-12(14)17-16-11/h3-6,15H,1-2H3,(H3,14,16,17). The quantitative estimate of drug-likeness (QED) is 0.597. The van der Waals surface area contributed by atoms with E-state index in [1.54, 1.807) is 0 Å². The van der Waals surface area contributed by atoms with Crippen LogP contribution in [0.25, 0.3) is 22.2 Å². The van der Waals surface area contributed by atoms with Crippen LogP contribution in [0.15, 0.2) is 24.3 Å². The maximum absolute atomic E-state index is 5.64. The van der Waals surface area contributed by atoms with E-state index in [4.69, 9.17) is 5.73 Å². The first-order valence-electron chi connectivity index (χ1n) is 5.56. The lowest BCUT2D eigenvalue weighted by molar-refractivity contribution is 1.10. The number of rotatable bonds is 1. The summed E-state index contributed by atoms with van der Waals surface area (Å²) in [4.78, 5) is 3.41. The number of fused-ring (bicyclic) bond motifs is 1. The Morgan fingerprint density at radius 1 is 1.24 bits per heavy atom. The molecule has 0 fully saturated rings. The van der Waals surface area contributed by atoms with Crippen molar-refractivity contribution in [2.75, 3.05) is 5.73 Å². The third-order valence-corrected chi connectivity index (χ3v) is 3.23. The van der Waals surface area contributed by atoms with E-state index in [1.807, 2.05) is 6.07 Å².